The van der Waals surface area contributed by atoms with Crippen LogP contribution in [0, 0.1) is 19.7 Å². The molecule has 0 fully saturated rings. The lowest BCUT2D eigenvalue weighted by Crippen LogP contribution is -1.88. The molecule has 80 valence electrons. The van der Waals surface area contributed by atoms with Gasteiger partial charge in [-0.15, -0.1) is 0 Å². The Morgan fingerprint density at radius 1 is 1.00 bits per heavy atom. The van der Waals surface area contributed by atoms with Crippen molar-refractivity contribution in [3.8, 4) is 0 Å². The van der Waals surface area contributed by atoms with E-state index in [9.17, 15) is 4.39 Å². The van der Waals surface area contributed by atoms with E-state index in [0.717, 1.165) is 32.9 Å². The number of fused-ring (bicyclic) bond motifs is 2. The molecule has 0 saturated heterocycles. The first-order chi connectivity index (χ1) is 7.68. The average molecular weight is 232 g/mol. The fourth-order valence-corrected chi connectivity index (χ4v) is 2.74. The zero-order valence-electron chi connectivity index (χ0n) is 8.91. The molecule has 1 heterocycles. The summed E-state index contributed by atoms with van der Waals surface area (Å²) in [5.74, 6) is -0.211. The minimum Gasteiger partial charge on any atom is -0.207 e. The van der Waals surface area contributed by atoms with Gasteiger partial charge in [-0.3, -0.25) is 0 Å². The number of rotatable bonds is 0. The molecule has 1 aromatic heterocycles. The van der Waals surface area contributed by atoms with Gasteiger partial charge in [-0.1, -0.05) is 6.07 Å². The highest BCUT2D eigenvalue weighted by molar-refractivity contribution is 7.00. The van der Waals surface area contributed by atoms with Gasteiger partial charge >= 0.3 is 0 Å². The second kappa shape index (κ2) is 3.22. The number of hydrogen-bond donors (Lipinski definition) is 0. The highest BCUT2D eigenvalue weighted by Gasteiger charge is 2.12. The van der Waals surface area contributed by atoms with Gasteiger partial charge < -0.3 is 0 Å². The number of benzene rings is 2. The van der Waals surface area contributed by atoms with E-state index in [1.807, 2.05) is 19.9 Å². The Balaban J connectivity index is 2.64. The number of nitrogens with zero attached hydrogens (tertiary/aromatic N) is 2. The number of halogens is 1. The molecule has 0 aliphatic carbocycles. The predicted octanol–water partition coefficient (Wildman–Crippen LogP) is 3.60. The topological polar surface area (TPSA) is 25.8 Å². The monoisotopic (exact) mass is 232 g/mol. The standard InChI is InChI=1S/C12H9FN2S/c1-6-9-4-3-8(13)5-10(9)7(2)12-11(6)14-16-15-12/h3-5H,1-2H3. The average Bonchev–Trinajstić information content (AvgIpc) is 2.75. The summed E-state index contributed by atoms with van der Waals surface area (Å²) < 4.78 is 21.8. The molecule has 3 rings (SSSR count). The van der Waals surface area contributed by atoms with Crippen LogP contribution in [0.25, 0.3) is 21.8 Å². The SMILES string of the molecule is Cc1c2ccc(F)cc2c(C)c2nsnc12. The van der Waals surface area contributed by atoms with Gasteiger partial charge in [-0.05, 0) is 47.9 Å². The van der Waals surface area contributed by atoms with Crippen molar-refractivity contribution in [1.29, 1.82) is 0 Å². The van der Waals surface area contributed by atoms with Crippen LogP contribution in [-0.2, 0) is 0 Å². The van der Waals surface area contributed by atoms with Gasteiger partial charge in [0.1, 0.15) is 16.9 Å². The van der Waals surface area contributed by atoms with E-state index in [1.165, 1.54) is 17.8 Å². The van der Waals surface area contributed by atoms with E-state index in [0.29, 0.717) is 0 Å². The van der Waals surface area contributed by atoms with Crippen molar-refractivity contribution < 1.29 is 4.39 Å². The van der Waals surface area contributed by atoms with Gasteiger partial charge in [-0.2, -0.15) is 8.75 Å². The molecule has 0 N–H and O–H groups in total. The Morgan fingerprint density at radius 3 is 2.31 bits per heavy atom. The molecule has 0 radical (unpaired) electrons. The molecule has 0 bridgehead atoms. The first kappa shape index (κ1) is 9.66. The van der Waals surface area contributed by atoms with Gasteiger partial charge in [-0.25, -0.2) is 4.39 Å². The number of hydrogen-bond acceptors (Lipinski definition) is 3. The molecule has 16 heavy (non-hydrogen) atoms. The minimum atomic E-state index is -0.211. The highest BCUT2D eigenvalue weighted by Crippen LogP contribution is 2.30. The lowest BCUT2D eigenvalue weighted by molar-refractivity contribution is 0.629. The maximum absolute atomic E-state index is 13.2. The second-order valence-corrected chi connectivity index (χ2v) is 4.43. The molecule has 3 aromatic rings. The van der Waals surface area contributed by atoms with E-state index in [4.69, 9.17) is 0 Å². The summed E-state index contributed by atoms with van der Waals surface area (Å²) in [4.78, 5) is 0. The first-order valence-corrected chi connectivity index (χ1v) is 5.72. The van der Waals surface area contributed by atoms with Crippen LogP contribution in [0.5, 0.6) is 0 Å². The van der Waals surface area contributed by atoms with Gasteiger partial charge in [0.25, 0.3) is 0 Å². The zero-order chi connectivity index (χ0) is 11.3. The zero-order valence-corrected chi connectivity index (χ0v) is 9.73. The molecule has 0 spiro atoms. The molecule has 2 nitrogen and oxygen atoms in total. The Kier molecular flexibility index (Phi) is 1.94. The third kappa shape index (κ3) is 1.16. The van der Waals surface area contributed by atoms with Crippen molar-refractivity contribution in [1.82, 2.24) is 8.75 Å². The normalized spacial score (nSPS) is 11.4. The maximum Gasteiger partial charge on any atom is 0.123 e. The third-order valence-electron chi connectivity index (χ3n) is 2.99. The fraction of sp³-hybridized carbons (Fsp3) is 0.167. The second-order valence-electron chi connectivity index (χ2n) is 3.90. The van der Waals surface area contributed by atoms with Gasteiger partial charge in [0, 0.05) is 0 Å². The molecule has 4 heteroatoms. The summed E-state index contributed by atoms with van der Waals surface area (Å²) in [6, 6.07) is 4.86. The minimum absolute atomic E-state index is 0.211. The van der Waals surface area contributed by atoms with Gasteiger partial charge in [0.2, 0.25) is 0 Å². The predicted molar refractivity (Wildman–Crippen MR) is 64.4 cm³/mol. The van der Waals surface area contributed by atoms with E-state index >= 15 is 0 Å². The van der Waals surface area contributed by atoms with Crippen LogP contribution in [0.15, 0.2) is 18.2 Å². The molecular weight excluding hydrogens is 223 g/mol. The Labute approximate surface area is 96.1 Å². The van der Waals surface area contributed by atoms with Crippen molar-refractivity contribution in [2.24, 2.45) is 0 Å². The summed E-state index contributed by atoms with van der Waals surface area (Å²) >= 11 is 1.20. The van der Waals surface area contributed by atoms with Crippen molar-refractivity contribution in [2.75, 3.05) is 0 Å². The van der Waals surface area contributed by atoms with E-state index in [2.05, 4.69) is 8.75 Å². The molecular formula is C12H9FN2S. The van der Waals surface area contributed by atoms with E-state index in [1.54, 1.807) is 6.07 Å². The molecule has 2 aromatic carbocycles. The van der Waals surface area contributed by atoms with Crippen molar-refractivity contribution in [2.45, 2.75) is 13.8 Å². The Hall–Kier alpha value is -1.55. The highest BCUT2D eigenvalue weighted by atomic mass is 32.1. The van der Waals surface area contributed by atoms with Crippen molar-refractivity contribution >= 4 is 33.5 Å². The Morgan fingerprint density at radius 2 is 1.62 bits per heavy atom. The van der Waals surface area contributed by atoms with Crippen LogP contribution in [-0.4, -0.2) is 8.75 Å². The number of aromatic nitrogens is 2. The summed E-state index contributed by atoms with van der Waals surface area (Å²) in [6.07, 6.45) is 0. The van der Waals surface area contributed by atoms with E-state index < -0.39 is 0 Å². The molecule has 0 atom stereocenters. The van der Waals surface area contributed by atoms with Crippen LogP contribution in [0.3, 0.4) is 0 Å². The van der Waals surface area contributed by atoms with Gasteiger partial charge in [0.15, 0.2) is 0 Å². The number of aryl methyl sites for hydroxylation is 2. The molecule has 0 amide bonds. The maximum atomic E-state index is 13.2. The summed E-state index contributed by atoms with van der Waals surface area (Å²) in [5.41, 5.74) is 3.90. The largest absolute Gasteiger partial charge is 0.207 e. The molecule has 0 unspecified atom stereocenters. The van der Waals surface area contributed by atoms with Crippen molar-refractivity contribution in [3.05, 3.63) is 35.1 Å². The smallest absolute Gasteiger partial charge is 0.123 e. The van der Waals surface area contributed by atoms with Crippen LogP contribution < -0.4 is 0 Å². The van der Waals surface area contributed by atoms with Crippen LogP contribution in [0.1, 0.15) is 11.1 Å². The van der Waals surface area contributed by atoms with Crippen LogP contribution in [0.2, 0.25) is 0 Å². The molecule has 0 saturated carbocycles. The van der Waals surface area contributed by atoms with Crippen molar-refractivity contribution in [3.63, 3.8) is 0 Å². The van der Waals surface area contributed by atoms with Crippen LogP contribution in [0.4, 0.5) is 4.39 Å². The Bertz CT molecular complexity index is 703. The lowest BCUT2D eigenvalue weighted by atomic mass is 9.99. The summed E-state index contributed by atoms with van der Waals surface area (Å²) in [7, 11) is 0. The molecule has 0 aliphatic rings. The fourth-order valence-electron chi connectivity index (χ4n) is 2.09. The molecule has 0 aliphatic heterocycles. The quantitative estimate of drug-likeness (QED) is 0.592. The summed E-state index contributed by atoms with van der Waals surface area (Å²) in [6.45, 7) is 3.97. The lowest BCUT2D eigenvalue weighted by Gasteiger charge is -2.06. The van der Waals surface area contributed by atoms with Gasteiger partial charge in [0.05, 0.1) is 11.7 Å². The first-order valence-electron chi connectivity index (χ1n) is 4.99. The third-order valence-corrected chi connectivity index (χ3v) is 3.52. The van der Waals surface area contributed by atoms with Crippen LogP contribution >= 0.6 is 11.7 Å². The summed E-state index contributed by atoms with van der Waals surface area (Å²) in [5, 5.41) is 1.98. The van der Waals surface area contributed by atoms with E-state index in [-0.39, 0.29) is 5.82 Å².